The van der Waals surface area contributed by atoms with Gasteiger partial charge in [-0.3, -0.25) is 9.59 Å². The molecule has 0 saturated heterocycles. The standard InChI is InChI=1S/C9H7ClF3NO2S/c10-7(15)3-6(5-1-2-17-4-5)14-8(16)9(11,12)13/h1-2,4,6H,3H2,(H,14,16). The van der Waals surface area contributed by atoms with Gasteiger partial charge >= 0.3 is 12.1 Å². The van der Waals surface area contributed by atoms with E-state index in [0.29, 0.717) is 5.56 Å². The highest BCUT2D eigenvalue weighted by Gasteiger charge is 2.40. The largest absolute Gasteiger partial charge is 0.471 e. The number of thiophene rings is 1. The molecule has 1 N–H and O–H groups in total. The van der Waals surface area contributed by atoms with E-state index in [9.17, 15) is 22.8 Å². The number of carbonyl (C=O) groups excluding carboxylic acids is 2. The molecule has 0 aliphatic rings. The monoisotopic (exact) mass is 285 g/mol. The molecule has 0 fully saturated rings. The van der Waals surface area contributed by atoms with E-state index in [-0.39, 0.29) is 6.42 Å². The van der Waals surface area contributed by atoms with E-state index in [4.69, 9.17) is 11.6 Å². The Labute approximate surface area is 104 Å². The van der Waals surface area contributed by atoms with Gasteiger partial charge in [0.2, 0.25) is 5.24 Å². The summed E-state index contributed by atoms with van der Waals surface area (Å²) in [4.78, 5) is 21.5. The molecule has 1 aromatic rings. The van der Waals surface area contributed by atoms with Crippen LogP contribution in [0.4, 0.5) is 13.2 Å². The normalized spacial score (nSPS) is 13.2. The molecule has 0 spiro atoms. The SMILES string of the molecule is O=C(Cl)CC(NC(=O)C(F)(F)F)c1ccsc1. The van der Waals surface area contributed by atoms with Crippen LogP contribution in [0.1, 0.15) is 18.0 Å². The third-order valence-electron chi connectivity index (χ3n) is 1.87. The third kappa shape index (κ3) is 4.35. The van der Waals surface area contributed by atoms with Crippen LogP contribution in [0.3, 0.4) is 0 Å². The lowest BCUT2D eigenvalue weighted by atomic mass is 10.1. The van der Waals surface area contributed by atoms with E-state index in [0.717, 1.165) is 0 Å². The lowest BCUT2D eigenvalue weighted by Gasteiger charge is -2.17. The Morgan fingerprint density at radius 2 is 2.12 bits per heavy atom. The Morgan fingerprint density at radius 1 is 1.47 bits per heavy atom. The molecule has 17 heavy (non-hydrogen) atoms. The van der Waals surface area contributed by atoms with Gasteiger partial charge in [-0.05, 0) is 34.0 Å². The molecule has 0 aliphatic heterocycles. The van der Waals surface area contributed by atoms with Crippen molar-refractivity contribution in [3.05, 3.63) is 22.4 Å². The number of rotatable bonds is 4. The molecular formula is C9H7ClF3NO2S. The number of hydrogen-bond donors (Lipinski definition) is 1. The van der Waals surface area contributed by atoms with Gasteiger partial charge in [-0.15, -0.1) is 0 Å². The topological polar surface area (TPSA) is 46.2 Å². The van der Waals surface area contributed by atoms with Gasteiger partial charge in [0.05, 0.1) is 6.04 Å². The second kappa shape index (κ2) is 5.50. The van der Waals surface area contributed by atoms with Crippen LogP contribution in [-0.2, 0) is 9.59 Å². The summed E-state index contributed by atoms with van der Waals surface area (Å²) in [5, 5.41) is 4.08. The van der Waals surface area contributed by atoms with Gasteiger partial charge in [0.25, 0.3) is 0 Å². The Hall–Kier alpha value is -1.08. The molecule has 8 heteroatoms. The molecule has 0 aromatic carbocycles. The van der Waals surface area contributed by atoms with E-state index in [2.05, 4.69) is 0 Å². The van der Waals surface area contributed by atoms with Crippen molar-refractivity contribution in [3.8, 4) is 0 Å². The first-order valence-corrected chi connectivity index (χ1v) is 5.71. The summed E-state index contributed by atoms with van der Waals surface area (Å²) in [6.07, 6.45) is -5.37. The molecule has 1 aromatic heterocycles. The zero-order chi connectivity index (χ0) is 13.1. The van der Waals surface area contributed by atoms with Gasteiger partial charge < -0.3 is 5.32 Å². The first kappa shape index (κ1) is 14.0. The Bertz CT molecular complexity index is 405. The maximum Gasteiger partial charge on any atom is 0.471 e. The van der Waals surface area contributed by atoms with E-state index < -0.39 is 23.4 Å². The van der Waals surface area contributed by atoms with Crippen LogP contribution in [0.15, 0.2) is 16.8 Å². The van der Waals surface area contributed by atoms with E-state index >= 15 is 0 Å². The molecular weight excluding hydrogens is 279 g/mol. The van der Waals surface area contributed by atoms with E-state index in [1.165, 1.54) is 17.4 Å². The van der Waals surface area contributed by atoms with Crippen molar-refractivity contribution in [2.75, 3.05) is 0 Å². The summed E-state index contributed by atoms with van der Waals surface area (Å²) in [6.45, 7) is 0. The van der Waals surface area contributed by atoms with Crippen LogP contribution in [0.25, 0.3) is 0 Å². The predicted molar refractivity (Wildman–Crippen MR) is 56.7 cm³/mol. The van der Waals surface area contributed by atoms with Crippen molar-refractivity contribution in [1.29, 1.82) is 0 Å². The summed E-state index contributed by atoms with van der Waals surface area (Å²) >= 11 is 6.36. The average Bonchev–Trinajstić information content (AvgIpc) is 2.66. The third-order valence-corrected chi connectivity index (χ3v) is 2.73. The lowest BCUT2D eigenvalue weighted by molar-refractivity contribution is -0.174. The minimum Gasteiger partial charge on any atom is -0.341 e. The number of nitrogens with one attached hydrogen (secondary N) is 1. The Morgan fingerprint density at radius 3 is 2.53 bits per heavy atom. The number of halogens is 4. The van der Waals surface area contributed by atoms with Gasteiger partial charge in [-0.2, -0.15) is 24.5 Å². The molecule has 1 heterocycles. The van der Waals surface area contributed by atoms with Crippen LogP contribution >= 0.6 is 22.9 Å². The molecule has 0 saturated carbocycles. The minimum atomic E-state index is -4.98. The highest BCUT2D eigenvalue weighted by atomic mass is 35.5. The quantitative estimate of drug-likeness (QED) is 0.865. The molecule has 1 atom stereocenters. The maximum absolute atomic E-state index is 12.1. The first-order chi connectivity index (χ1) is 7.80. The highest BCUT2D eigenvalue weighted by molar-refractivity contribution is 7.08. The second-order valence-electron chi connectivity index (χ2n) is 3.14. The van der Waals surface area contributed by atoms with Gasteiger partial charge in [0.15, 0.2) is 0 Å². The van der Waals surface area contributed by atoms with Crippen molar-refractivity contribution in [2.24, 2.45) is 0 Å². The molecule has 3 nitrogen and oxygen atoms in total. The molecule has 0 aliphatic carbocycles. The number of carbonyl (C=O) groups is 2. The van der Waals surface area contributed by atoms with Gasteiger partial charge in [-0.1, -0.05) is 0 Å². The van der Waals surface area contributed by atoms with E-state index in [1.54, 1.807) is 16.1 Å². The number of amides is 1. The predicted octanol–water partition coefficient (Wildman–Crippen LogP) is 2.62. The zero-order valence-corrected chi connectivity index (χ0v) is 9.83. The summed E-state index contributed by atoms with van der Waals surface area (Å²) in [6, 6.07) is 0.464. The van der Waals surface area contributed by atoms with Crippen molar-refractivity contribution in [2.45, 2.75) is 18.6 Å². The van der Waals surface area contributed by atoms with Gasteiger partial charge in [0, 0.05) is 6.42 Å². The highest BCUT2D eigenvalue weighted by Crippen LogP contribution is 2.23. The van der Waals surface area contributed by atoms with Crippen LogP contribution in [0, 0.1) is 0 Å². The maximum atomic E-state index is 12.1. The molecule has 0 bridgehead atoms. The Kier molecular flexibility index (Phi) is 4.53. The van der Waals surface area contributed by atoms with Gasteiger partial charge in [0.1, 0.15) is 0 Å². The lowest BCUT2D eigenvalue weighted by Crippen LogP contribution is -2.39. The zero-order valence-electron chi connectivity index (χ0n) is 8.25. The molecule has 1 amide bonds. The minimum absolute atomic E-state index is 0.389. The first-order valence-electron chi connectivity index (χ1n) is 4.39. The van der Waals surface area contributed by atoms with Crippen molar-refractivity contribution < 1.29 is 22.8 Å². The molecule has 1 unspecified atom stereocenters. The molecule has 94 valence electrons. The summed E-state index contributed by atoms with van der Waals surface area (Å²) in [7, 11) is 0. The van der Waals surface area contributed by atoms with Crippen molar-refractivity contribution in [3.63, 3.8) is 0 Å². The summed E-state index contributed by atoms with van der Waals surface area (Å²) in [5.74, 6) is -2.09. The fourth-order valence-electron chi connectivity index (χ4n) is 1.13. The second-order valence-corrected chi connectivity index (χ2v) is 4.34. The van der Waals surface area contributed by atoms with Crippen LogP contribution in [0.5, 0.6) is 0 Å². The van der Waals surface area contributed by atoms with Gasteiger partial charge in [-0.25, -0.2) is 0 Å². The van der Waals surface area contributed by atoms with Crippen molar-refractivity contribution >= 4 is 34.1 Å². The number of alkyl halides is 3. The smallest absolute Gasteiger partial charge is 0.341 e. The molecule has 0 radical (unpaired) electrons. The van der Waals surface area contributed by atoms with E-state index in [1.807, 2.05) is 0 Å². The van der Waals surface area contributed by atoms with Crippen LogP contribution in [-0.4, -0.2) is 17.3 Å². The summed E-state index contributed by atoms with van der Waals surface area (Å²) < 4.78 is 36.2. The Balaban J connectivity index is 2.79. The molecule has 1 rings (SSSR count). The fraction of sp³-hybridized carbons (Fsp3) is 0.333. The fourth-order valence-corrected chi connectivity index (χ4v) is 1.99. The van der Waals surface area contributed by atoms with Crippen LogP contribution in [0.2, 0.25) is 0 Å². The number of hydrogen-bond acceptors (Lipinski definition) is 3. The average molecular weight is 286 g/mol. The van der Waals surface area contributed by atoms with Crippen molar-refractivity contribution in [1.82, 2.24) is 5.32 Å². The summed E-state index contributed by atoms with van der Waals surface area (Å²) in [5.41, 5.74) is 0.418. The van der Waals surface area contributed by atoms with Crippen LogP contribution < -0.4 is 5.32 Å².